The van der Waals surface area contributed by atoms with Crippen molar-refractivity contribution in [3.05, 3.63) is 30.1 Å². The average Bonchev–Trinajstić information content (AvgIpc) is 3.44. The third kappa shape index (κ3) is 2.63. The molecule has 7 nitrogen and oxygen atoms in total. The maximum Gasteiger partial charge on any atom is 0.185 e. The molecule has 0 radical (unpaired) electrons. The van der Waals surface area contributed by atoms with Crippen molar-refractivity contribution in [2.75, 3.05) is 25.1 Å². The predicted octanol–water partition coefficient (Wildman–Crippen LogP) is 2.19. The van der Waals surface area contributed by atoms with Gasteiger partial charge in [-0.05, 0) is 25.7 Å². The number of fused-ring (bicyclic) bond motifs is 3. The van der Waals surface area contributed by atoms with Crippen LogP contribution in [0.25, 0.3) is 16.4 Å². The largest absolute Gasteiger partial charge is 0.376 e. The van der Waals surface area contributed by atoms with E-state index >= 15 is 0 Å². The number of anilines is 1. The number of hydrogen-bond donors (Lipinski definition) is 1. The molecule has 2 unspecified atom stereocenters. The third-order valence-corrected chi connectivity index (χ3v) is 5.10. The second-order valence-electron chi connectivity index (χ2n) is 6.87. The Labute approximate surface area is 145 Å². The molecule has 130 valence electrons. The molecule has 0 amide bonds. The fourth-order valence-corrected chi connectivity index (χ4v) is 3.63. The fourth-order valence-electron chi connectivity index (χ4n) is 3.63. The van der Waals surface area contributed by atoms with Gasteiger partial charge in [-0.1, -0.05) is 24.3 Å². The highest BCUT2D eigenvalue weighted by molar-refractivity contribution is 5.99. The standard InChI is InChI=1S/C18H21N5O2/c1-11-20-21-18-14-5-3-2-4-13(14)17(22-23(11)18)19-16(12-6-7-12)15-10-24-8-9-25-15/h2-5,12,15-16H,6-10H2,1H3,(H,19,22). The summed E-state index contributed by atoms with van der Waals surface area (Å²) in [6, 6.07) is 8.41. The number of nitrogens with zero attached hydrogens (tertiary/aromatic N) is 4. The van der Waals surface area contributed by atoms with Crippen molar-refractivity contribution < 1.29 is 9.47 Å². The lowest BCUT2D eigenvalue weighted by molar-refractivity contribution is -0.0966. The first-order valence-electron chi connectivity index (χ1n) is 8.88. The lowest BCUT2D eigenvalue weighted by atomic mass is 10.1. The number of hydrogen-bond acceptors (Lipinski definition) is 6. The molecule has 1 saturated heterocycles. The quantitative estimate of drug-likeness (QED) is 0.785. The van der Waals surface area contributed by atoms with Gasteiger partial charge < -0.3 is 14.8 Å². The molecule has 25 heavy (non-hydrogen) atoms. The Balaban J connectivity index is 1.59. The number of aromatic nitrogens is 4. The zero-order valence-electron chi connectivity index (χ0n) is 14.2. The van der Waals surface area contributed by atoms with Crippen molar-refractivity contribution in [2.45, 2.75) is 31.9 Å². The maximum absolute atomic E-state index is 5.98. The van der Waals surface area contributed by atoms with E-state index in [-0.39, 0.29) is 12.1 Å². The molecular formula is C18H21N5O2. The van der Waals surface area contributed by atoms with Crippen LogP contribution in [0.5, 0.6) is 0 Å². The van der Waals surface area contributed by atoms with Gasteiger partial charge in [-0.15, -0.1) is 15.3 Å². The van der Waals surface area contributed by atoms with E-state index in [1.807, 2.05) is 23.6 Å². The Morgan fingerprint density at radius 3 is 2.76 bits per heavy atom. The van der Waals surface area contributed by atoms with Crippen molar-refractivity contribution in [3.63, 3.8) is 0 Å². The summed E-state index contributed by atoms with van der Waals surface area (Å²) in [6.07, 6.45) is 2.52. The summed E-state index contributed by atoms with van der Waals surface area (Å²) in [5, 5.41) is 19.0. The normalized spacial score (nSPS) is 22.4. The first-order valence-corrected chi connectivity index (χ1v) is 8.88. The van der Waals surface area contributed by atoms with E-state index < -0.39 is 0 Å². The summed E-state index contributed by atoms with van der Waals surface area (Å²) >= 11 is 0. The van der Waals surface area contributed by atoms with Crippen LogP contribution in [-0.4, -0.2) is 51.8 Å². The van der Waals surface area contributed by atoms with E-state index in [2.05, 4.69) is 27.6 Å². The molecular weight excluding hydrogens is 318 g/mol. The molecule has 3 heterocycles. The van der Waals surface area contributed by atoms with Gasteiger partial charge in [-0.25, -0.2) is 0 Å². The Morgan fingerprint density at radius 2 is 2.00 bits per heavy atom. The van der Waals surface area contributed by atoms with Gasteiger partial charge >= 0.3 is 0 Å². The minimum absolute atomic E-state index is 0.0690. The van der Waals surface area contributed by atoms with Gasteiger partial charge in [-0.3, -0.25) is 0 Å². The fraction of sp³-hybridized carbons (Fsp3) is 0.500. The Bertz CT molecular complexity index is 914. The zero-order chi connectivity index (χ0) is 16.8. The van der Waals surface area contributed by atoms with Gasteiger partial charge in [0.15, 0.2) is 17.3 Å². The summed E-state index contributed by atoms with van der Waals surface area (Å²) in [4.78, 5) is 0. The molecule has 1 aliphatic carbocycles. The molecule has 2 aromatic heterocycles. The van der Waals surface area contributed by atoms with Gasteiger partial charge in [-0.2, -0.15) is 4.52 Å². The van der Waals surface area contributed by atoms with E-state index in [1.54, 1.807) is 0 Å². The molecule has 2 fully saturated rings. The van der Waals surface area contributed by atoms with Crippen molar-refractivity contribution in [1.82, 2.24) is 19.8 Å². The number of nitrogens with one attached hydrogen (secondary N) is 1. The molecule has 1 aliphatic heterocycles. The second-order valence-corrected chi connectivity index (χ2v) is 6.87. The van der Waals surface area contributed by atoms with E-state index in [9.17, 15) is 0 Å². The highest BCUT2D eigenvalue weighted by atomic mass is 16.6. The highest BCUT2D eigenvalue weighted by Gasteiger charge is 2.39. The summed E-state index contributed by atoms with van der Waals surface area (Å²) in [6.45, 7) is 3.90. The van der Waals surface area contributed by atoms with Gasteiger partial charge in [0.25, 0.3) is 0 Å². The van der Waals surface area contributed by atoms with Crippen LogP contribution in [0.3, 0.4) is 0 Å². The second kappa shape index (κ2) is 5.93. The van der Waals surface area contributed by atoms with E-state index in [0.717, 1.165) is 28.1 Å². The number of rotatable bonds is 4. The van der Waals surface area contributed by atoms with Crippen molar-refractivity contribution in [3.8, 4) is 0 Å². The van der Waals surface area contributed by atoms with Crippen LogP contribution in [0, 0.1) is 12.8 Å². The molecule has 0 spiro atoms. The first-order chi connectivity index (χ1) is 12.3. The van der Waals surface area contributed by atoms with Crippen molar-refractivity contribution in [1.29, 1.82) is 0 Å². The van der Waals surface area contributed by atoms with Gasteiger partial charge in [0, 0.05) is 10.8 Å². The number of ether oxygens (including phenoxy) is 2. The summed E-state index contributed by atoms with van der Waals surface area (Å²) in [5.74, 6) is 2.26. The molecule has 1 saturated carbocycles. The van der Waals surface area contributed by atoms with Crippen LogP contribution in [-0.2, 0) is 9.47 Å². The van der Waals surface area contributed by atoms with Gasteiger partial charge in [0.2, 0.25) is 0 Å². The predicted molar refractivity (Wildman–Crippen MR) is 93.7 cm³/mol. The van der Waals surface area contributed by atoms with Crippen LogP contribution in [0.2, 0.25) is 0 Å². The monoisotopic (exact) mass is 339 g/mol. The Kier molecular flexibility index (Phi) is 3.57. The van der Waals surface area contributed by atoms with Crippen LogP contribution >= 0.6 is 0 Å². The lowest BCUT2D eigenvalue weighted by Gasteiger charge is -2.31. The third-order valence-electron chi connectivity index (χ3n) is 5.10. The van der Waals surface area contributed by atoms with Crippen LogP contribution in [0.1, 0.15) is 18.7 Å². The molecule has 5 rings (SSSR count). The highest BCUT2D eigenvalue weighted by Crippen LogP contribution is 2.38. The Hall–Kier alpha value is -2.25. The van der Waals surface area contributed by atoms with Crippen molar-refractivity contribution in [2.24, 2.45) is 5.92 Å². The Morgan fingerprint density at radius 1 is 1.16 bits per heavy atom. The van der Waals surface area contributed by atoms with Crippen LogP contribution in [0.4, 0.5) is 5.82 Å². The van der Waals surface area contributed by atoms with Crippen LogP contribution in [0.15, 0.2) is 24.3 Å². The lowest BCUT2D eigenvalue weighted by Crippen LogP contribution is -2.44. The first kappa shape index (κ1) is 15.0. The summed E-state index contributed by atoms with van der Waals surface area (Å²) < 4.78 is 13.4. The van der Waals surface area contributed by atoms with Gasteiger partial charge in [0.1, 0.15) is 6.10 Å². The summed E-state index contributed by atoms with van der Waals surface area (Å²) in [7, 11) is 0. The molecule has 2 aliphatic rings. The van der Waals surface area contributed by atoms with Crippen molar-refractivity contribution >= 4 is 22.2 Å². The van der Waals surface area contributed by atoms with E-state index in [0.29, 0.717) is 25.7 Å². The molecule has 0 bridgehead atoms. The molecule has 7 heteroatoms. The average molecular weight is 339 g/mol. The SMILES string of the molecule is Cc1nnc2c3ccccc3c(NC(C3CC3)C3COCCO3)nn12. The van der Waals surface area contributed by atoms with Gasteiger partial charge in [0.05, 0.1) is 25.9 Å². The number of benzene rings is 1. The van der Waals surface area contributed by atoms with Crippen LogP contribution < -0.4 is 5.32 Å². The summed E-state index contributed by atoms with van der Waals surface area (Å²) in [5.41, 5.74) is 0.791. The molecule has 3 aromatic rings. The van der Waals surface area contributed by atoms with E-state index in [1.165, 1.54) is 12.8 Å². The molecule has 2 atom stereocenters. The smallest absolute Gasteiger partial charge is 0.185 e. The van der Waals surface area contributed by atoms with E-state index in [4.69, 9.17) is 14.6 Å². The molecule has 1 N–H and O–H groups in total. The zero-order valence-corrected chi connectivity index (χ0v) is 14.2. The topological polar surface area (TPSA) is 73.6 Å². The minimum atomic E-state index is 0.0690. The maximum atomic E-state index is 5.98. The number of aryl methyl sites for hydroxylation is 1. The minimum Gasteiger partial charge on any atom is -0.376 e. The molecule has 1 aromatic carbocycles.